The van der Waals surface area contributed by atoms with Gasteiger partial charge < -0.3 is 14.8 Å². The number of anilines is 1. The Balaban J connectivity index is 1.89. The van der Waals surface area contributed by atoms with Crippen LogP contribution in [0.4, 0.5) is 5.82 Å². The molecule has 6 heteroatoms. The van der Waals surface area contributed by atoms with Gasteiger partial charge in [-0.05, 0) is 12.3 Å². The maximum atomic E-state index is 12.0. The fourth-order valence-corrected chi connectivity index (χ4v) is 2.24. The zero-order valence-corrected chi connectivity index (χ0v) is 11.3. The third-order valence-electron chi connectivity index (χ3n) is 3.16. The van der Waals surface area contributed by atoms with Crippen molar-refractivity contribution in [3.8, 4) is 6.19 Å². The van der Waals surface area contributed by atoms with Crippen LogP contribution < -0.4 is 5.32 Å². The number of hydrogen-bond acceptors (Lipinski definition) is 4. The number of amides is 1. The van der Waals surface area contributed by atoms with E-state index in [1.807, 2.05) is 10.8 Å². The van der Waals surface area contributed by atoms with E-state index in [0.717, 1.165) is 13.0 Å². The van der Waals surface area contributed by atoms with Crippen LogP contribution in [-0.2, 0) is 11.3 Å². The standard InChI is InChI=1S/C13H19N5O/c1-10(2)5-18-7-12(15-9-18)16-13(19)11-3-4-17(6-11)8-14/h7,9-11H,3-6H2,1-2H3,(H,16,19)/t11-/m0/s1. The van der Waals surface area contributed by atoms with Crippen LogP contribution in [0.3, 0.4) is 0 Å². The molecular formula is C13H19N5O. The minimum absolute atomic E-state index is 0.0486. The van der Waals surface area contributed by atoms with Gasteiger partial charge in [-0.1, -0.05) is 13.8 Å². The average molecular weight is 261 g/mol. The molecule has 1 aliphatic rings. The molecule has 1 aromatic rings. The highest BCUT2D eigenvalue weighted by Gasteiger charge is 2.28. The molecule has 2 heterocycles. The Kier molecular flexibility index (Phi) is 4.05. The summed E-state index contributed by atoms with van der Waals surface area (Å²) in [5.41, 5.74) is 0. The van der Waals surface area contributed by atoms with Crippen LogP contribution in [0.5, 0.6) is 0 Å². The van der Waals surface area contributed by atoms with E-state index in [9.17, 15) is 4.79 Å². The molecule has 1 N–H and O–H groups in total. The first-order valence-electron chi connectivity index (χ1n) is 6.56. The molecule has 1 atom stereocenters. The Bertz CT molecular complexity index is 487. The van der Waals surface area contributed by atoms with Crippen molar-refractivity contribution in [1.82, 2.24) is 14.5 Å². The van der Waals surface area contributed by atoms with Crippen molar-refractivity contribution in [2.24, 2.45) is 11.8 Å². The molecule has 0 aliphatic carbocycles. The first-order valence-corrected chi connectivity index (χ1v) is 6.56. The summed E-state index contributed by atoms with van der Waals surface area (Å²) in [6.07, 6.45) is 6.37. The first-order chi connectivity index (χ1) is 9.08. The predicted molar refractivity (Wildman–Crippen MR) is 71.0 cm³/mol. The maximum Gasteiger partial charge on any atom is 0.230 e. The van der Waals surface area contributed by atoms with Crippen molar-refractivity contribution in [1.29, 1.82) is 5.26 Å². The highest BCUT2D eigenvalue weighted by molar-refractivity contribution is 5.91. The van der Waals surface area contributed by atoms with Crippen LogP contribution in [0.25, 0.3) is 0 Å². The highest BCUT2D eigenvalue weighted by Crippen LogP contribution is 2.17. The number of imidazole rings is 1. The Morgan fingerprint density at radius 1 is 1.68 bits per heavy atom. The first kappa shape index (κ1) is 13.4. The van der Waals surface area contributed by atoms with Crippen LogP contribution in [0.1, 0.15) is 20.3 Å². The van der Waals surface area contributed by atoms with Crippen LogP contribution in [-0.4, -0.2) is 33.4 Å². The van der Waals surface area contributed by atoms with Gasteiger partial charge >= 0.3 is 0 Å². The summed E-state index contributed by atoms with van der Waals surface area (Å²) >= 11 is 0. The van der Waals surface area contributed by atoms with Crippen LogP contribution in [0, 0.1) is 23.3 Å². The Hall–Kier alpha value is -2.03. The zero-order valence-electron chi connectivity index (χ0n) is 11.3. The van der Waals surface area contributed by atoms with E-state index < -0.39 is 0 Å². The summed E-state index contributed by atoms with van der Waals surface area (Å²) in [6.45, 7) is 6.32. The number of nitrogens with one attached hydrogen (secondary N) is 1. The molecule has 102 valence electrons. The van der Waals surface area contributed by atoms with Gasteiger partial charge in [-0.3, -0.25) is 4.79 Å². The van der Waals surface area contributed by atoms with Gasteiger partial charge in [0.05, 0.1) is 12.2 Å². The van der Waals surface area contributed by atoms with E-state index >= 15 is 0 Å². The fourth-order valence-electron chi connectivity index (χ4n) is 2.24. The van der Waals surface area contributed by atoms with Crippen molar-refractivity contribution in [3.05, 3.63) is 12.5 Å². The van der Waals surface area contributed by atoms with E-state index in [0.29, 0.717) is 24.8 Å². The number of rotatable bonds is 4. The number of likely N-dealkylation sites (tertiary alicyclic amines) is 1. The van der Waals surface area contributed by atoms with Crippen molar-refractivity contribution >= 4 is 11.7 Å². The lowest BCUT2D eigenvalue weighted by atomic mass is 10.1. The molecule has 19 heavy (non-hydrogen) atoms. The quantitative estimate of drug-likeness (QED) is 0.829. The van der Waals surface area contributed by atoms with E-state index in [-0.39, 0.29) is 11.8 Å². The topological polar surface area (TPSA) is 74.0 Å². The normalized spacial score (nSPS) is 18.6. The number of hydrogen-bond donors (Lipinski definition) is 1. The fraction of sp³-hybridized carbons (Fsp3) is 0.615. The van der Waals surface area contributed by atoms with Gasteiger partial charge in [-0.2, -0.15) is 5.26 Å². The SMILES string of the molecule is CC(C)Cn1cnc(NC(=O)[C@H]2CCN(C#N)C2)c1. The molecule has 1 saturated heterocycles. The molecule has 1 aliphatic heterocycles. The van der Waals surface area contributed by atoms with E-state index in [2.05, 4.69) is 30.3 Å². The minimum atomic E-state index is -0.116. The lowest BCUT2D eigenvalue weighted by Crippen LogP contribution is -2.25. The number of carbonyl (C=O) groups excluding carboxylic acids is 1. The second-order valence-corrected chi connectivity index (χ2v) is 5.37. The molecule has 1 fully saturated rings. The third kappa shape index (κ3) is 3.47. The predicted octanol–water partition coefficient (Wildman–Crippen LogP) is 1.28. The van der Waals surface area contributed by atoms with Gasteiger partial charge in [-0.15, -0.1) is 0 Å². The molecule has 2 rings (SSSR count). The largest absolute Gasteiger partial charge is 0.335 e. The van der Waals surface area contributed by atoms with Gasteiger partial charge in [0, 0.05) is 25.8 Å². The zero-order chi connectivity index (χ0) is 13.8. The summed E-state index contributed by atoms with van der Waals surface area (Å²) in [4.78, 5) is 17.8. The van der Waals surface area contributed by atoms with Crippen molar-refractivity contribution in [2.75, 3.05) is 18.4 Å². The van der Waals surface area contributed by atoms with E-state index in [1.54, 1.807) is 11.2 Å². The third-order valence-corrected chi connectivity index (χ3v) is 3.16. The van der Waals surface area contributed by atoms with Crippen LogP contribution in [0.15, 0.2) is 12.5 Å². The van der Waals surface area contributed by atoms with Crippen LogP contribution in [0.2, 0.25) is 0 Å². The molecule has 1 amide bonds. The molecular weight excluding hydrogens is 242 g/mol. The second-order valence-electron chi connectivity index (χ2n) is 5.37. The number of aromatic nitrogens is 2. The number of carbonyl (C=O) groups is 1. The van der Waals surface area contributed by atoms with Crippen molar-refractivity contribution in [3.63, 3.8) is 0 Å². The summed E-state index contributed by atoms with van der Waals surface area (Å²) in [6, 6.07) is 0. The molecule has 0 saturated carbocycles. The Labute approximate surface area is 113 Å². The summed E-state index contributed by atoms with van der Waals surface area (Å²) in [7, 11) is 0. The molecule has 0 spiro atoms. The second kappa shape index (κ2) is 5.74. The Morgan fingerprint density at radius 3 is 3.11 bits per heavy atom. The molecule has 1 aromatic heterocycles. The summed E-state index contributed by atoms with van der Waals surface area (Å²) in [5, 5.41) is 11.6. The van der Waals surface area contributed by atoms with E-state index in [4.69, 9.17) is 5.26 Å². The molecule has 0 aromatic carbocycles. The van der Waals surface area contributed by atoms with Crippen molar-refractivity contribution < 1.29 is 4.79 Å². The van der Waals surface area contributed by atoms with E-state index in [1.165, 1.54) is 0 Å². The average Bonchev–Trinajstić information content (AvgIpc) is 2.97. The monoisotopic (exact) mass is 261 g/mol. The number of nitriles is 1. The van der Waals surface area contributed by atoms with Crippen molar-refractivity contribution in [2.45, 2.75) is 26.8 Å². The van der Waals surface area contributed by atoms with Gasteiger partial charge in [0.25, 0.3) is 0 Å². The molecule has 0 radical (unpaired) electrons. The number of nitrogens with zero attached hydrogens (tertiary/aromatic N) is 4. The van der Waals surface area contributed by atoms with Gasteiger partial charge in [-0.25, -0.2) is 4.98 Å². The summed E-state index contributed by atoms with van der Waals surface area (Å²) in [5.74, 6) is 0.959. The maximum absolute atomic E-state index is 12.0. The lowest BCUT2D eigenvalue weighted by molar-refractivity contribution is -0.119. The smallest absolute Gasteiger partial charge is 0.230 e. The molecule has 6 nitrogen and oxygen atoms in total. The van der Waals surface area contributed by atoms with Gasteiger partial charge in [0.2, 0.25) is 5.91 Å². The van der Waals surface area contributed by atoms with Gasteiger partial charge in [0.15, 0.2) is 12.0 Å². The molecule has 0 unspecified atom stereocenters. The lowest BCUT2D eigenvalue weighted by Gasteiger charge is -2.09. The van der Waals surface area contributed by atoms with Gasteiger partial charge in [0.1, 0.15) is 0 Å². The van der Waals surface area contributed by atoms with Crippen LogP contribution >= 0.6 is 0 Å². The summed E-state index contributed by atoms with van der Waals surface area (Å²) < 4.78 is 1.97. The molecule has 0 bridgehead atoms. The highest BCUT2D eigenvalue weighted by atomic mass is 16.2. The Morgan fingerprint density at radius 2 is 2.47 bits per heavy atom. The minimum Gasteiger partial charge on any atom is -0.335 e.